The van der Waals surface area contributed by atoms with E-state index in [0.717, 1.165) is 23.4 Å². The summed E-state index contributed by atoms with van der Waals surface area (Å²) < 4.78 is 4.44. The Balaban J connectivity index is 1.60. The van der Waals surface area contributed by atoms with E-state index in [1.807, 2.05) is 0 Å². The lowest BCUT2D eigenvalue weighted by molar-refractivity contribution is 0.466. The second kappa shape index (κ2) is 3.67. The lowest BCUT2D eigenvalue weighted by atomic mass is 9.96. The number of hydrogen-bond donors (Lipinski definition) is 1. The number of anilines is 1. The van der Waals surface area contributed by atoms with E-state index >= 15 is 0 Å². The van der Waals surface area contributed by atoms with Gasteiger partial charge in [-0.2, -0.15) is 4.37 Å². The molecule has 2 saturated carbocycles. The second-order valence-electron chi connectivity index (χ2n) is 6.66. The van der Waals surface area contributed by atoms with E-state index in [9.17, 15) is 0 Å². The highest BCUT2D eigenvalue weighted by Crippen LogP contribution is 2.61. The van der Waals surface area contributed by atoms with Gasteiger partial charge in [0.05, 0.1) is 0 Å². The van der Waals surface area contributed by atoms with Gasteiger partial charge in [0.2, 0.25) is 5.13 Å². The van der Waals surface area contributed by atoms with Crippen LogP contribution in [0.2, 0.25) is 0 Å². The molecule has 17 heavy (non-hydrogen) atoms. The van der Waals surface area contributed by atoms with Crippen LogP contribution in [0.4, 0.5) is 5.13 Å². The average Bonchev–Trinajstić information content (AvgIpc) is 3.12. The van der Waals surface area contributed by atoms with Crippen LogP contribution < -0.4 is 5.32 Å². The van der Waals surface area contributed by atoms with Gasteiger partial charge in [0.25, 0.3) is 0 Å². The predicted octanol–water partition coefficient (Wildman–Crippen LogP) is 3.44. The Hall–Kier alpha value is -0.640. The molecule has 1 aromatic heterocycles. The van der Waals surface area contributed by atoms with Crippen LogP contribution in [0.3, 0.4) is 0 Å². The molecular formula is C13H21N3S. The number of hydrogen-bond acceptors (Lipinski definition) is 4. The van der Waals surface area contributed by atoms with Gasteiger partial charge >= 0.3 is 0 Å². The molecule has 1 aromatic rings. The summed E-state index contributed by atoms with van der Waals surface area (Å²) in [6.45, 7) is 7.58. The first-order chi connectivity index (χ1) is 8.00. The number of aromatic nitrogens is 2. The first-order valence-electron chi connectivity index (χ1n) is 6.58. The van der Waals surface area contributed by atoms with Gasteiger partial charge < -0.3 is 5.32 Å². The van der Waals surface area contributed by atoms with Crippen LogP contribution in [0.5, 0.6) is 0 Å². The molecule has 0 aromatic carbocycles. The van der Waals surface area contributed by atoms with Crippen molar-refractivity contribution in [2.24, 2.45) is 11.3 Å². The van der Waals surface area contributed by atoms with Gasteiger partial charge in [-0.1, -0.05) is 20.8 Å². The molecule has 0 unspecified atom stereocenters. The predicted molar refractivity (Wildman–Crippen MR) is 71.5 cm³/mol. The fraction of sp³-hybridized carbons (Fsp3) is 0.846. The summed E-state index contributed by atoms with van der Waals surface area (Å²) in [5.41, 5.74) is 0.692. The Morgan fingerprint density at radius 1 is 1.35 bits per heavy atom. The molecule has 0 saturated heterocycles. The molecule has 0 amide bonds. The van der Waals surface area contributed by atoms with Crippen molar-refractivity contribution in [1.29, 1.82) is 0 Å². The molecule has 94 valence electrons. The summed E-state index contributed by atoms with van der Waals surface area (Å²) in [5.74, 6) is 1.96. The van der Waals surface area contributed by atoms with Crippen LogP contribution in [0.25, 0.3) is 0 Å². The summed E-state index contributed by atoms with van der Waals surface area (Å²) in [6, 6.07) is 0. The highest BCUT2D eigenvalue weighted by Gasteiger charge is 2.53. The van der Waals surface area contributed by atoms with E-state index in [-0.39, 0.29) is 5.41 Å². The van der Waals surface area contributed by atoms with E-state index in [4.69, 9.17) is 0 Å². The largest absolute Gasteiger partial charge is 0.360 e. The molecule has 2 aliphatic carbocycles. The summed E-state index contributed by atoms with van der Waals surface area (Å²) in [7, 11) is 0. The molecule has 0 bridgehead atoms. The number of nitrogens with one attached hydrogen (secondary N) is 1. The van der Waals surface area contributed by atoms with Gasteiger partial charge in [-0.25, -0.2) is 4.98 Å². The summed E-state index contributed by atoms with van der Waals surface area (Å²) >= 11 is 1.50. The van der Waals surface area contributed by atoms with Crippen LogP contribution in [0.1, 0.15) is 52.3 Å². The normalized spacial score (nSPS) is 22.5. The molecule has 0 spiro atoms. The quantitative estimate of drug-likeness (QED) is 0.890. The highest BCUT2D eigenvalue weighted by molar-refractivity contribution is 7.09. The molecule has 0 radical (unpaired) electrons. The first-order valence-corrected chi connectivity index (χ1v) is 7.35. The fourth-order valence-electron chi connectivity index (χ4n) is 2.44. The summed E-state index contributed by atoms with van der Waals surface area (Å²) in [6.07, 6.45) is 5.72. The second-order valence-corrected chi connectivity index (χ2v) is 7.42. The lowest BCUT2D eigenvalue weighted by Crippen LogP contribution is -2.18. The van der Waals surface area contributed by atoms with Gasteiger partial charge in [0.1, 0.15) is 5.82 Å². The van der Waals surface area contributed by atoms with Crippen molar-refractivity contribution in [3.63, 3.8) is 0 Å². The molecule has 0 atom stereocenters. The van der Waals surface area contributed by atoms with Crippen LogP contribution in [0.15, 0.2) is 0 Å². The highest BCUT2D eigenvalue weighted by atomic mass is 32.1. The zero-order valence-electron chi connectivity index (χ0n) is 10.9. The Labute approximate surface area is 107 Å². The van der Waals surface area contributed by atoms with Crippen LogP contribution in [-0.2, 0) is 5.41 Å². The van der Waals surface area contributed by atoms with Crippen molar-refractivity contribution < 1.29 is 0 Å². The van der Waals surface area contributed by atoms with Crippen molar-refractivity contribution in [2.75, 3.05) is 11.9 Å². The van der Waals surface area contributed by atoms with E-state index < -0.39 is 0 Å². The van der Waals surface area contributed by atoms with Crippen molar-refractivity contribution >= 4 is 16.7 Å². The lowest BCUT2D eigenvalue weighted by Gasteiger charge is -2.14. The Morgan fingerprint density at radius 2 is 2.06 bits per heavy atom. The fourth-order valence-corrected chi connectivity index (χ4v) is 3.19. The van der Waals surface area contributed by atoms with Gasteiger partial charge in [-0.3, -0.25) is 0 Å². The molecule has 3 nitrogen and oxygen atoms in total. The van der Waals surface area contributed by atoms with E-state index in [2.05, 4.69) is 35.4 Å². The van der Waals surface area contributed by atoms with Crippen molar-refractivity contribution in [2.45, 2.75) is 51.9 Å². The van der Waals surface area contributed by atoms with Crippen molar-refractivity contribution in [1.82, 2.24) is 9.36 Å². The molecule has 1 N–H and O–H groups in total. The Morgan fingerprint density at radius 3 is 2.53 bits per heavy atom. The zero-order chi connectivity index (χ0) is 12.1. The molecule has 0 aliphatic heterocycles. The SMILES string of the molecule is CC(C)(C)c1nsc(NCC2(C3CC3)CC2)n1. The minimum absolute atomic E-state index is 0.0597. The maximum atomic E-state index is 4.59. The third-order valence-electron chi connectivity index (χ3n) is 4.02. The summed E-state index contributed by atoms with van der Waals surface area (Å²) in [4.78, 5) is 4.59. The number of nitrogens with zero attached hydrogens (tertiary/aromatic N) is 2. The van der Waals surface area contributed by atoms with E-state index in [0.29, 0.717) is 5.41 Å². The van der Waals surface area contributed by atoms with Gasteiger partial charge in [-0.05, 0) is 37.0 Å². The van der Waals surface area contributed by atoms with Crippen LogP contribution >= 0.6 is 11.5 Å². The van der Waals surface area contributed by atoms with Crippen LogP contribution in [0, 0.1) is 11.3 Å². The Kier molecular flexibility index (Phi) is 2.47. The third-order valence-corrected chi connectivity index (χ3v) is 4.70. The van der Waals surface area contributed by atoms with E-state index in [1.165, 1.54) is 37.2 Å². The van der Waals surface area contributed by atoms with Crippen LogP contribution in [-0.4, -0.2) is 15.9 Å². The van der Waals surface area contributed by atoms with Crippen molar-refractivity contribution in [3.8, 4) is 0 Å². The topological polar surface area (TPSA) is 37.8 Å². The van der Waals surface area contributed by atoms with Gasteiger partial charge in [0, 0.05) is 23.5 Å². The minimum atomic E-state index is 0.0597. The number of rotatable bonds is 4. The molecule has 2 fully saturated rings. The average molecular weight is 251 g/mol. The first kappa shape index (κ1) is 11.5. The molecule has 1 heterocycles. The molecule has 4 heteroatoms. The maximum Gasteiger partial charge on any atom is 0.202 e. The van der Waals surface area contributed by atoms with Crippen molar-refractivity contribution in [3.05, 3.63) is 5.82 Å². The maximum absolute atomic E-state index is 4.59. The minimum Gasteiger partial charge on any atom is -0.360 e. The molecule has 3 rings (SSSR count). The summed E-state index contributed by atoms with van der Waals surface area (Å²) in [5, 5.41) is 4.51. The monoisotopic (exact) mass is 251 g/mol. The smallest absolute Gasteiger partial charge is 0.202 e. The molecule has 2 aliphatic rings. The Bertz CT molecular complexity index is 411. The molecular weight excluding hydrogens is 230 g/mol. The zero-order valence-corrected chi connectivity index (χ0v) is 11.7. The van der Waals surface area contributed by atoms with E-state index in [1.54, 1.807) is 0 Å². The standard InChI is InChI=1S/C13H21N3S/c1-12(2,3)10-15-11(17-16-10)14-8-13(6-7-13)9-4-5-9/h9H,4-8H2,1-3H3,(H,14,15,16). The third kappa shape index (κ3) is 2.32. The van der Waals surface area contributed by atoms with Gasteiger partial charge in [-0.15, -0.1) is 0 Å². The van der Waals surface area contributed by atoms with Gasteiger partial charge in [0.15, 0.2) is 0 Å².